The van der Waals surface area contributed by atoms with E-state index in [0.717, 1.165) is 12.8 Å². The average molecular weight is 445 g/mol. The van der Waals surface area contributed by atoms with E-state index < -0.39 is 11.4 Å². The van der Waals surface area contributed by atoms with Crippen molar-refractivity contribution in [1.29, 1.82) is 0 Å². The van der Waals surface area contributed by atoms with Gasteiger partial charge in [-0.1, -0.05) is 13.8 Å². The molecule has 2 aromatic heterocycles. The van der Waals surface area contributed by atoms with Gasteiger partial charge < -0.3 is 25.4 Å². The van der Waals surface area contributed by atoms with Crippen LogP contribution in [0.2, 0.25) is 0 Å². The summed E-state index contributed by atoms with van der Waals surface area (Å²) in [5.41, 5.74) is 0.885. The molecular formula is C23H33FN6O2. The Labute approximate surface area is 187 Å². The summed E-state index contributed by atoms with van der Waals surface area (Å²) in [6.45, 7) is 9.90. The fraction of sp³-hybridized carbons (Fsp3) is 0.522. The molecule has 0 saturated heterocycles. The summed E-state index contributed by atoms with van der Waals surface area (Å²) < 4.78 is 15.7. The number of imidazole rings is 1. The molecule has 1 aromatic carbocycles. The van der Waals surface area contributed by atoms with Gasteiger partial charge >= 0.3 is 0 Å². The minimum Gasteiger partial charge on any atom is -0.508 e. The molecule has 0 amide bonds. The number of phenolic OH excluding ortho intramolecular Hbond substituents is 1. The van der Waals surface area contributed by atoms with E-state index in [4.69, 9.17) is 4.98 Å². The molecule has 0 saturated carbocycles. The van der Waals surface area contributed by atoms with Gasteiger partial charge in [-0.25, -0.2) is 9.37 Å². The van der Waals surface area contributed by atoms with Crippen molar-refractivity contribution >= 4 is 22.9 Å². The molecule has 0 aliphatic rings. The molecule has 0 aliphatic heterocycles. The molecule has 0 aliphatic carbocycles. The highest BCUT2D eigenvalue weighted by Crippen LogP contribution is 2.28. The van der Waals surface area contributed by atoms with Gasteiger partial charge in [-0.05, 0) is 58.2 Å². The smallest absolute Gasteiger partial charge is 0.226 e. The van der Waals surface area contributed by atoms with E-state index in [9.17, 15) is 14.6 Å². The Morgan fingerprint density at radius 3 is 2.56 bits per heavy atom. The molecule has 1 unspecified atom stereocenters. The van der Waals surface area contributed by atoms with Gasteiger partial charge in [0.2, 0.25) is 5.95 Å². The normalized spacial score (nSPS) is 13.0. The summed E-state index contributed by atoms with van der Waals surface area (Å²) >= 11 is 0. The highest BCUT2D eigenvalue weighted by atomic mass is 19.1. The molecule has 0 spiro atoms. The van der Waals surface area contributed by atoms with Gasteiger partial charge in [0.25, 0.3) is 0 Å². The molecule has 3 aromatic rings. The predicted molar refractivity (Wildman–Crippen MR) is 124 cm³/mol. The number of fused-ring (bicyclic) bond motifs is 1. The third kappa shape index (κ3) is 5.64. The zero-order chi connectivity index (χ0) is 23.5. The van der Waals surface area contributed by atoms with Crippen LogP contribution in [0.5, 0.6) is 5.75 Å². The third-order valence-electron chi connectivity index (χ3n) is 5.43. The van der Waals surface area contributed by atoms with Crippen molar-refractivity contribution in [2.75, 3.05) is 10.6 Å². The minimum atomic E-state index is -0.830. The maximum Gasteiger partial charge on any atom is 0.226 e. The Morgan fingerprint density at radius 2 is 1.91 bits per heavy atom. The summed E-state index contributed by atoms with van der Waals surface area (Å²) in [6, 6.07) is 4.00. The van der Waals surface area contributed by atoms with E-state index in [-0.39, 0.29) is 24.4 Å². The lowest BCUT2D eigenvalue weighted by Crippen LogP contribution is -2.29. The molecule has 4 N–H and O–H groups in total. The summed E-state index contributed by atoms with van der Waals surface area (Å²) in [7, 11) is 0. The molecule has 0 bridgehead atoms. The zero-order valence-electron chi connectivity index (χ0n) is 19.4. The van der Waals surface area contributed by atoms with Crippen LogP contribution >= 0.6 is 0 Å². The predicted octanol–water partition coefficient (Wildman–Crippen LogP) is 4.61. The lowest BCUT2D eigenvalue weighted by Gasteiger charge is -2.23. The van der Waals surface area contributed by atoms with Crippen LogP contribution in [0, 0.1) is 5.82 Å². The van der Waals surface area contributed by atoms with Gasteiger partial charge in [-0.2, -0.15) is 9.97 Å². The standard InChI is InChI=1S/C23H33FN6O2/c1-6-17(7-2)30-13-26-19-20(25-12-15-10-16(24)8-9-18(15)31)28-22(29-21(19)30)27-14(3)11-23(4,5)32/h8-10,13-14,17,31-32H,6-7,11-12H2,1-5H3,(H2,25,27,28,29). The van der Waals surface area contributed by atoms with Crippen LogP contribution in [0.25, 0.3) is 11.2 Å². The van der Waals surface area contributed by atoms with E-state index in [1.54, 1.807) is 20.2 Å². The summed E-state index contributed by atoms with van der Waals surface area (Å²) in [5.74, 6) is 0.478. The van der Waals surface area contributed by atoms with Crippen LogP contribution in [-0.2, 0) is 6.54 Å². The van der Waals surface area contributed by atoms with E-state index in [2.05, 4.69) is 34.4 Å². The quantitative estimate of drug-likeness (QED) is 0.362. The van der Waals surface area contributed by atoms with Crippen molar-refractivity contribution in [2.45, 2.75) is 78.1 Å². The van der Waals surface area contributed by atoms with Crippen LogP contribution in [0.4, 0.5) is 16.2 Å². The zero-order valence-corrected chi connectivity index (χ0v) is 19.4. The SMILES string of the molecule is CCC(CC)n1cnc2c(NCc3cc(F)ccc3O)nc(NC(C)CC(C)(C)O)nc21. The van der Waals surface area contributed by atoms with Crippen LogP contribution in [0.1, 0.15) is 65.5 Å². The van der Waals surface area contributed by atoms with Gasteiger partial charge in [0.1, 0.15) is 11.6 Å². The Hall–Kier alpha value is -2.94. The summed E-state index contributed by atoms with van der Waals surface area (Å²) in [6.07, 6.45) is 4.15. The number of aromatic nitrogens is 4. The number of aliphatic hydroxyl groups is 1. The first-order valence-electron chi connectivity index (χ1n) is 11.1. The second-order valence-corrected chi connectivity index (χ2v) is 8.88. The number of aromatic hydroxyl groups is 1. The van der Waals surface area contributed by atoms with Gasteiger partial charge in [0, 0.05) is 24.2 Å². The molecule has 32 heavy (non-hydrogen) atoms. The second-order valence-electron chi connectivity index (χ2n) is 8.88. The van der Waals surface area contributed by atoms with Crippen LogP contribution < -0.4 is 10.6 Å². The van der Waals surface area contributed by atoms with Gasteiger partial charge in [-0.3, -0.25) is 0 Å². The van der Waals surface area contributed by atoms with Gasteiger partial charge in [0.15, 0.2) is 17.0 Å². The number of nitrogens with one attached hydrogen (secondary N) is 2. The van der Waals surface area contributed by atoms with Crippen molar-refractivity contribution in [1.82, 2.24) is 19.5 Å². The number of hydrogen-bond donors (Lipinski definition) is 4. The van der Waals surface area contributed by atoms with Gasteiger partial charge in [0.05, 0.1) is 11.9 Å². The third-order valence-corrected chi connectivity index (χ3v) is 5.43. The number of phenols is 1. The van der Waals surface area contributed by atoms with Crippen LogP contribution in [-0.4, -0.2) is 41.4 Å². The maximum absolute atomic E-state index is 13.6. The van der Waals surface area contributed by atoms with Crippen molar-refractivity contribution in [3.05, 3.63) is 35.9 Å². The minimum absolute atomic E-state index is 0.00362. The fourth-order valence-corrected chi connectivity index (χ4v) is 3.95. The Balaban J connectivity index is 1.98. The second kappa shape index (κ2) is 9.68. The van der Waals surface area contributed by atoms with Crippen LogP contribution in [0.15, 0.2) is 24.5 Å². The number of nitrogens with zero attached hydrogens (tertiary/aromatic N) is 4. The number of hydrogen-bond acceptors (Lipinski definition) is 7. The molecule has 2 heterocycles. The topological polar surface area (TPSA) is 108 Å². The van der Waals surface area contributed by atoms with Crippen molar-refractivity contribution in [3.63, 3.8) is 0 Å². The molecule has 8 nitrogen and oxygen atoms in total. The fourth-order valence-electron chi connectivity index (χ4n) is 3.95. The van der Waals surface area contributed by atoms with E-state index in [1.165, 1.54) is 18.2 Å². The summed E-state index contributed by atoms with van der Waals surface area (Å²) in [4.78, 5) is 13.9. The van der Waals surface area contributed by atoms with Crippen molar-refractivity contribution < 1.29 is 14.6 Å². The van der Waals surface area contributed by atoms with Crippen molar-refractivity contribution in [3.8, 4) is 5.75 Å². The first kappa shape index (κ1) is 23.7. The molecule has 174 valence electrons. The first-order chi connectivity index (χ1) is 15.1. The molecule has 0 radical (unpaired) electrons. The van der Waals surface area contributed by atoms with Crippen molar-refractivity contribution in [2.24, 2.45) is 0 Å². The number of benzene rings is 1. The lowest BCUT2D eigenvalue weighted by molar-refractivity contribution is 0.0672. The van der Waals surface area contributed by atoms with E-state index in [0.29, 0.717) is 34.9 Å². The molecular weight excluding hydrogens is 411 g/mol. The van der Waals surface area contributed by atoms with Gasteiger partial charge in [-0.15, -0.1) is 0 Å². The Bertz CT molecular complexity index is 1060. The molecule has 1 atom stereocenters. The molecule has 0 fully saturated rings. The molecule has 9 heteroatoms. The van der Waals surface area contributed by atoms with Crippen LogP contribution in [0.3, 0.4) is 0 Å². The monoisotopic (exact) mass is 444 g/mol. The van der Waals surface area contributed by atoms with E-state index in [1.807, 2.05) is 11.5 Å². The summed E-state index contributed by atoms with van der Waals surface area (Å²) in [5, 5.41) is 26.6. The highest BCUT2D eigenvalue weighted by molar-refractivity contribution is 5.84. The largest absolute Gasteiger partial charge is 0.508 e. The van der Waals surface area contributed by atoms with E-state index >= 15 is 0 Å². The Kier molecular flexibility index (Phi) is 7.18. The Morgan fingerprint density at radius 1 is 1.19 bits per heavy atom. The number of rotatable bonds is 10. The number of anilines is 2. The maximum atomic E-state index is 13.6. The first-order valence-corrected chi connectivity index (χ1v) is 11.1. The highest BCUT2D eigenvalue weighted by Gasteiger charge is 2.21. The lowest BCUT2D eigenvalue weighted by atomic mass is 10.0. The molecule has 3 rings (SSSR count). The number of halogens is 1. The average Bonchev–Trinajstić information content (AvgIpc) is 3.12.